The normalized spacial score (nSPS) is 21.7. The summed E-state index contributed by atoms with van der Waals surface area (Å²) in [7, 11) is 0. The average Bonchev–Trinajstić information content (AvgIpc) is 3.26. The van der Waals surface area contributed by atoms with E-state index in [0.717, 1.165) is 43.9 Å². The fraction of sp³-hybridized carbons (Fsp3) is 0.667. The highest BCUT2D eigenvalue weighted by atomic mass is 32.1. The number of aryl methyl sites for hydroxylation is 2. The minimum Gasteiger partial charge on any atom is -0.419 e. The van der Waals surface area contributed by atoms with Crippen molar-refractivity contribution >= 4 is 17.2 Å². The van der Waals surface area contributed by atoms with E-state index in [4.69, 9.17) is 4.42 Å². The molecule has 2 aromatic rings. The Bertz CT molecular complexity index is 843. The Morgan fingerprint density at radius 2 is 2.03 bits per heavy atom. The molecule has 7 nitrogen and oxygen atoms in total. The Kier molecular flexibility index (Phi) is 5.41. The lowest BCUT2D eigenvalue weighted by Gasteiger charge is -2.36. The molecule has 1 amide bonds. The van der Waals surface area contributed by atoms with Gasteiger partial charge in [0.2, 0.25) is 11.8 Å². The molecular formula is C21H29N5O2S. The zero-order chi connectivity index (χ0) is 19.8. The van der Waals surface area contributed by atoms with Gasteiger partial charge in [0.25, 0.3) is 5.89 Å². The number of aromatic nitrogens is 2. The summed E-state index contributed by atoms with van der Waals surface area (Å²) in [5.74, 6) is 1.50. The van der Waals surface area contributed by atoms with Crippen molar-refractivity contribution in [3.05, 3.63) is 22.4 Å². The number of piperazine rings is 1. The number of fused-ring (bicyclic) bond motifs is 1. The van der Waals surface area contributed by atoms with E-state index < -0.39 is 0 Å². The van der Waals surface area contributed by atoms with Gasteiger partial charge in [-0.15, -0.1) is 21.5 Å². The summed E-state index contributed by atoms with van der Waals surface area (Å²) in [6, 6.07) is 2.60. The van der Waals surface area contributed by atoms with Crippen LogP contribution >= 0.6 is 11.3 Å². The number of hydrogen-bond donors (Lipinski definition) is 1. The maximum absolute atomic E-state index is 12.3. The Labute approximate surface area is 175 Å². The number of carbonyl (C=O) groups excluding carboxylic acids is 1. The van der Waals surface area contributed by atoms with Gasteiger partial charge in [0.15, 0.2) is 0 Å². The zero-order valence-corrected chi connectivity index (χ0v) is 17.8. The molecule has 1 atom stereocenters. The van der Waals surface area contributed by atoms with Crippen molar-refractivity contribution in [1.82, 2.24) is 25.3 Å². The number of nitrogens with zero attached hydrogens (tertiary/aromatic N) is 4. The molecule has 0 bridgehead atoms. The van der Waals surface area contributed by atoms with Gasteiger partial charge in [-0.25, -0.2) is 0 Å². The molecule has 2 fully saturated rings. The van der Waals surface area contributed by atoms with Crippen LogP contribution in [0.1, 0.15) is 48.9 Å². The third-order valence-corrected chi connectivity index (χ3v) is 7.52. The average molecular weight is 416 g/mol. The summed E-state index contributed by atoms with van der Waals surface area (Å²) in [5, 5.41) is 11.7. The number of hydrogen-bond acceptors (Lipinski definition) is 7. The van der Waals surface area contributed by atoms with E-state index >= 15 is 0 Å². The molecular weight excluding hydrogens is 386 g/mol. The van der Waals surface area contributed by atoms with Gasteiger partial charge in [-0.2, -0.15) is 0 Å². The van der Waals surface area contributed by atoms with E-state index in [1.54, 1.807) is 0 Å². The SMILES string of the molecule is CC(C(=O)NC1CC1)N1CCN(Cc2nnc(-c3cc4c(s3)CCCC4)o2)CC1. The molecule has 2 aliphatic carbocycles. The molecule has 8 heteroatoms. The Morgan fingerprint density at radius 3 is 2.79 bits per heavy atom. The van der Waals surface area contributed by atoms with Crippen LogP contribution in [0.4, 0.5) is 0 Å². The number of rotatable bonds is 6. The van der Waals surface area contributed by atoms with Gasteiger partial charge in [0.1, 0.15) is 0 Å². The largest absolute Gasteiger partial charge is 0.419 e. The monoisotopic (exact) mass is 415 g/mol. The van der Waals surface area contributed by atoms with Gasteiger partial charge in [0.05, 0.1) is 17.5 Å². The lowest BCUT2D eigenvalue weighted by Crippen LogP contribution is -2.53. The molecule has 156 valence electrons. The first kappa shape index (κ1) is 19.2. The Hall–Kier alpha value is -1.77. The molecule has 2 aromatic heterocycles. The third kappa shape index (κ3) is 4.39. The van der Waals surface area contributed by atoms with Crippen LogP contribution in [-0.2, 0) is 24.2 Å². The maximum atomic E-state index is 12.3. The van der Waals surface area contributed by atoms with E-state index in [0.29, 0.717) is 24.4 Å². The fourth-order valence-electron chi connectivity index (χ4n) is 4.23. The van der Waals surface area contributed by atoms with Crippen LogP contribution in [0.3, 0.4) is 0 Å². The Balaban J connectivity index is 1.14. The summed E-state index contributed by atoms with van der Waals surface area (Å²) in [6.45, 7) is 6.28. The van der Waals surface area contributed by atoms with Crippen LogP contribution in [0.25, 0.3) is 10.8 Å². The lowest BCUT2D eigenvalue weighted by atomic mass is 9.99. The van der Waals surface area contributed by atoms with Crippen LogP contribution in [0.2, 0.25) is 0 Å². The molecule has 5 rings (SSSR count). The van der Waals surface area contributed by atoms with E-state index in [-0.39, 0.29) is 11.9 Å². The van der Waals surface area contributed by atoms with Gasteiger partial charge in [-0.05, 0) is 57.1 Å². The lowest BCUT2D eigenvalue weighted by molar-refractivity contribution is -0.126. The highest BCUT2D eigenvalue weighted by molar-refractivity contribution is 7.15. The fourth-order valence-corrected chi connectivity index (χ4v) is 5.40. The van der Waals surface area contributed by atoms with Crippen LogP contribution in [0, 0.1) is 0 Å². The Morgan fingerprint density at radius 1 is 1.24 bits per heavy atom. The summed E-state index contributed by atoms with van der Waals surface area (Å²) < 4.78 is 5.98. The van der Waals surface area contributed by atoms with Crippen molar-refractivity contribution in [1.29, 1.82) is 0 Å². The summed E-state index contributed by atoms with van der Waals surface area (Å²) in [4.78, 5) is 19.5. The van der Waals surface area contributed by atoms with Crippen LogP contribution < -0.4 is 5.32 Å². The summed E-state index contributed by atoms with van der Waals surface area (Å²) >= 11 is 1.81. The van der Waals surface area contributed by atoms with Crippen molar-refractivity contribution in [3.8, 4) is 10.8 Å². The molecule has 1 unspecified atom stereocenters. The maximum Gasteiger partial charge on any atom is 0.257 e. The van der Waals surface area contributed by atoms with Gasteiger partial charge >= 0.3 is 0 Å². The van der Waals surface area contributed by atoms with Crippen LogP contribution in [0.5, 0.6) is 0 Å². The molecule has 0 aromatic carbocycles. The van der Waals surface area contributed by atoms with E-state index in [1.807, 2.05) is 18.3 Å². The minimum atomic E-state index is -0.0578. The number of nitrogens with one attached hydrogen (secondary N) is 1. The molecule has 0 spiro atoms. The van der Waals surface area contributed by atoms with Crippen molar-refractivity contribution in [2.24, 2.45) is 0 Å². The van der Waals surface area contributed by atoms with E-state index in [9.17, 15) is 4.79 Å². The molecule has 1 saturated carbocycles. The summed E-state index contributed by atoms with van der Waals surface area (Å²) in [5.41, 5.74) is 1.46. The molecule has 1 N–H and O–H groups in total. The number of amides is 1. The standard InChI is InChI=1S/C21H29N5O2S/c1-14(20(27)22-16-6-7-16)26-10-8-25(9-11-26)13-19-23-24-21(28-19)18-12-15-4-2-3-5-17(15)29-18/h12,14,16H,2-11,13H2,1H3,(H,22,27). The van der Waals surface area contributed by atoms with Crippen LogP contribution in [-0.4, -0.2) is 64.2 Å². The summed E-state index contributed by atoms with van der Waals surface area (Å²) in [6.07, 6.45) is 7.19. The predicted molar refractivity (Wildman–Crippen MR) is 112 cm³/mol. The van der Waals surface area contributed by atoms with Gasteiger partial charge in [0, 0.05) is 37.1 Å². The van der Waals surface area contributed by atoms with Gasteiger partial charge in [-0.1, -0.05) is 0 Å². The van der Waals surface area contributed by atoms with E-state index in [1.165, 1.54) is 36.1 Å². The van der Waals surface area contributed by atoms with Gasteiger partial charge < -0.3 is 9.73 Å². The van der Waals surface area contributed by atoms with E-state index in [2.05, 4.69) is 31.4 Å². The number of carbonyl (C=O) groups is 1. The zero-order valence-electron chi connectivity index (χ0n) is 17.0. The second-order valence-corrected chi connectivity index (χ2v) is 9.67. The minimum absolute atomic E-state index is 0.0578. The highest BCUT2D eigenvalue weighted by Gasteiger charge is 2.30. The molecule has 3 heterocycles. The topological polar surface area (TPSA) is 74.5 Å². The van der Waals surface area contributed by atoms with Crippen molar-refractivity contribution in [3.63, 3.8) is 0 Å². The first-order chi connectivity index (χ1) is 14.2. The first-order valence-corrected chi connectivity index (χ1v) is 11.7. The smallest absolute Gasteiger partial charge is 0.257 e. The molecule has 1 aliphatic heterocycles. The molecule has 3 aliphatic rings. The second kappa shape index (κ2) is 8.16. The van der Waals surface area contributed by atoms with Crippen LogP contribution in [0.15, 0.2) is 10.5 Å². The van der Waals surface area contributed by atoms with Crippen molar-refractivity contribution < 1.29 is 9.21 Å². The predicted octanol–water partition coefficient (Wildman–Crippen LogP) is 2.46. The molecule has 29 heavy (non-hydrogen) atoms. The third-order valence-electron chi connectivity index (χ3n) is 6.29. The molecule has 1 saturated heterocycles. The van der Waals surface area contributed by atoms with Crippen molar-refractivity contribution in [2.75, 3.05) is 26.2 Å². The van der Waals surface area contributed by atoms with Gasteiger partial charge in [-0.3, -0.25) is 14.6 Å². The number of thiophene rings is 1. The highest BCUT2D eigenvalue weighted by Crippen LogP contribution is 2.35. The molecule has 0 radical (unpaired) electrons. The van der Waals surface area contributed by atoms with Crippen molar-refractivity contribution in [2.45, 2.75) is 64.1 Å². The first-order valence-electron chi connectivity index (χ1n) is 10.9. The quantitative estimate of drug-likeness (QED) is 0.781. The second-order valence-electron chi connectivity index (χ2n) is 8.54.